The second-order valence-corrected chi connectivity index (χ2v) is 10.0. The number of amides is 2. The van der Waals surface area contributed by atoms with Crippen LogP contribution in [0.4, 0.5) is 23.7 Å². The third-order valence-electron chi connectivity index (χ3n) is 7.18. The standard InChI is InChI=1S/C30H27F3N6O4.C2H4O2/c1-18-25(27(41)43-2)26(39(29(36)42)28(35)38(18)23-7-3-6-22(14-23)30(31,32)33)24-9-8-19(15-34)13-21(24)10-12-37-11-4-5-20(16-37)17-40;1-4-2-3/h3-9,11,13-14,16,26,35,40H,10,12,17H2,1-2H3,(H-,36,42);2H,1H3/p+1/t26-;/m1./s1. The summed E-state index contributed by atoms with van der Waals surface area (Å²) in [6.45, 7) is 2.03. The Bertz CT molecular complexity index is 1740. The number of urea groups is 1. The molecule has 0 unspecified atom stereocenters. The summed E-state index contributed by atoms with van der Waals surface area (Å²) in [5, 5.41) is 28.0. The summed E-state index contributed by atoms with van der Waals surface area (Å²) in [7, 11) is 2.43. The Balaban J connectivity index is 0.00000142. The van der Waals surface area contributed by atoms with Crippen molar-refractivity contribution in [2.45, 2.75) is 38.7 Å². The highest BCUT2D eigenvalue weighted by Crippen LogP contribution is 2.42. The number of methoxy groups -OCH3 is 2. The molecule has 0 aliphatic carbocycles. The summed E-state index contributed by atoms with van der Waals surface area (Å²) >= 11 is 0. The molecule has 1 atom stereocenters. The number of hydrogen-bond donors (Lipinski definition) is 3. The number of carbonyl (C=O) groups excluding carboxylic acids is 3. The van der Waals surface area contributed by atoms with Crippen LogP contribution in [0, 0.1) is 16.7 Å². The Hall–Kier alpha value is -5.75. The minimum Gasteiger partial charge on any atom is -0.471 e. The van der Waals surface area contributed by atoms with Crippen molar-refractivity contribution >= 4 is 30.1 Å². The van der Waals surface area contributed by atoms with Crippen molar-refractivity contribution in [3.8, 4) is 6.07 Å². The van der Waals surface area contributed by atoms with Crippen LogP contribution in [0.5, 0.6) is 0 Å². The number of nitrogens with zero attached hydrogens (tertiary/aromatic N) is 4. The van der Waals surface area contributed by atoms with Crippen LogP contribution in [0.3, 0.4) is 0 Å². The summed E-state index contributed by atoms with van der Waals surface area (Å²) in [5.41, 5.74) is 6.47. The fourth-order valence-electron chi connectivity index (χ4n) is 5.09. The maximum atomic E-state index is 13.5. The van der Waals surface area contributed by atoms with Crippen molar-refractivity contribution in [1.82, 2.24) is 4.90 Å². The number of primary amides is 1. The van der Waals surface area contributed by atoms with Gasteiger partial charge in [-0.05, 0) is 54.4 Å². The van der Waals surface area contributed by atoms with Gasteiger partial charge in [-0.2, -0.15) is 18.4 Å². The molecule has 0 radical (unpaired) electrons. The van der Waals surface area contributed by atoms with E-state index in [0.29, 0.717) is 41.7 Å². The SMILES string of the molecule is COC(=O)C1=C(C)N(c2cccc(C(F)(F)F)c2)C(=N)N(C(N)=O)[C@@H]1c1ccc(C#N)cc1CC[n+]1cccc(CO)c1.COC=O. The highest BCUT2D eigenvalue weighted by Gasteiger charge is 2.44. The molecule has 0 spiro atoms. The monoisotopic (exact) mass is 653 g/mol. The van der Waals surface area contributed by atoms with Gasteiger partial charge in [0.1, 0.15) is 6.04 Å². The van der Waals surface area contributed by atoms with Crippen molar-refractivity contribution in [1.29, 1.82) is 10.7 Å². The third kappa shape index (κ3) is 8.10. The zero-order chi connectivity index (χ0) is 34.9. The van der Waals surface area contributed by atoms with Crippen molar-refractivity contribution in [3.05, 3.63) is 106 Å². The van der Waals surface area contributed by atoms with Crippen molar-refractivity contribution in [2.24, 2.45) is 5.73 Å². The number of alkyl halides is 3. The van der Waals surface area contributed by atoms with Gasteiger partial charge in [-0.15, -0.1) is 0 Å². The van der Waals surface area contributed by atoms with E-state index in [1.54, 1.807) is 36.7 Å². The molecule has 1 aromatic heterocycles. The summed E-state index contributed by atoms with van der Waals surface area (Å²) in [5.74, 6) is -1.47. The Morgan fingerprint density at radius 3 is 2.45 bits per heavy atom. The average molecular weight is 654 g/mol. The fraction of sp³-hybridized carbons (Fsp3) is 0.250. The predicted molar refractivity (Wildman–Crippen MR) is 161 cm³/mol. The van der Waals surface area contributed by atoms with E-state index in [4.69, 9.17) is 20.7 Å². The van der Waals surface area contributed by atoms with Gasteiger partial charge in [0.15, 0.2) is 18.9 Å². The van der Waals surface area contributed by atoms with E-state index in [1.165, 1.54) is 26.2 Å². The fourth-order valence-corrected chi connectivity index (χ4v) is 5.09. The lowest BCUT2D eigenvalue weighted by Gasteiger charge is -2.43. The lowest BCUT2D eigenvalue weighted by atomic mass is 9.88. The van der Waals surface area contributed by atoms with Gasteiger partial charge < -0.3 is 20.3 Å². The number of halogens is 3. The number of hydrogen-bond acceptors (Lipinski definition) is 8. The Morgan fingerprint density at radius 2 is 1.87 bits per heavy atom. The van der Waals surface area contributed by atoms with E-state index in [-0.39, 0.29) is 23.6 Å². The zero-order valence-corrected chi connectivity index (χ0v) is 25.6. The summed E-state index contributed by atoms with van der Waals surface area (Å²) < 4.78 is 51.3. The van der Waals surface area contributed by atoms with E-state index < -0.39 is 35.7 Å². The first-order valence-electron chi connectivity index (χ1n) is 13.8. The largest absolute Gasteiger partial charge is 0.471 e. The molecule has 1 aliphatic heterocycles. The number of allylic oxidation sites excluding steroid dienone is 1. The number of aliphatic hydroxyl groups is 1. The number of carbonyl (C=O) groups is 3. The topological polar surface area (TPSA) is 174 Å². The zero-order valence-electron chi connectivity index (χ0n) is 25.6. The minimum absolute atomic E-state index is 0.0546. The minimum atomic E-state index is -4.69. The second-order valence-electron chi connectivity index (χ2n) is 10.0. The molecule has 2 aromatic carbocycles. The third-order valence-corrected chi connectivity index (χ3v) is 7.18. The molecule has 1 aliphatic rings. The molecule has 0 saturated heterocycles. The first kappa shape index (κ1) is 35.7. The van der Waals surface area contributed by atoms with Gasteiger partial charge in [0.25, 0.3) is 6.47 Å². The van der Waals surface area contributed by atoms with Crippen molar-refractivity contribution in [2.75, 3.05) is 19.1 Å². The van der Waals surface area contributed by atoms with Crippen LogP contribution < -0.4 is 15.2 Å². The number of nitrogens with one attached hydrogen (secondary N) is 1. The quantitative estimate of drug-likeness (QED) is 0.187. The number of nitriles is 1. The first-order valence-corrected chi connectivity index (χ1v) is 13.8. The van der Waals surface area contributed by atoms with E-state index >= 15 is 0 Å². The Morgan fingerprint density at radius 1 is 1.17 bits per heavy atom. The van der Waals surface area contributed by atoms with Crippen molar-refractivity contribution < 1.29 is 46.7 Å². The second kappa shape index (κ2) is 15.5. The van der Waals surface area contributed by atoms with E-state index in [0.717, 1.165) is 35.1 Å². The van der Waals surface area contributed by atoms with Gasteiger partial charge in [0.05, 0.1) is 43.6 Å². The van der Waals surface area contributed by atoms with Gasteiger partial charge in [-0.25, -0.2) is 14.2 Å². The van der Waals surface area contributed by atoms with Gasteiger partial charge in [-0.3, -0.25) is 20.0 Å². The Labute approximate surface area is 268 Å². The smallest absolute Gasteiger partial charge is 0.416 e. The van der Waals surface area contributed by atoms with E-state index in [1.807, 2.05) is 4.57 Å². The molecule has 2 heterocycles. The molecule has 246 valence electrons. The molecular weight excluding hydrogens is 621 g/mol. The summed E-state index contributed by atoms with van der Waals surface area (Å²) in [6, 6.07) is 11.9. The summed E-state index contributed by atoms with van der Waals surface area (Å²) in [6.07, 6.45) is -0.854. The highest BCUT2D eigenvalue weighted by molar-refractivity contribution is 6.10. The lowest BCUT2D eigenvalue weighted by Crippen LogP contribution is -2.55. The molecule has 47 heavy (non-hydrogen) atoms. The van der Waals surface area contributed by atoms with E-state index in [2.05, 4.69) is 10.8 Å². The van der Waals surface area contributed by atoms with Gasteiger partial charge in [-0.1, -0.05) is 12.1 Å². The summed E-state index contributed by atoms with van der Waals surface area (Å²) in [4.78, 5) is 37.0. The number of esters is 1. The number of aryl methyl sites for hydroxylation is 2. The van der Waals surface area contributed by atoms with Crippen LogP contribution in [-0.2, 0) is 44.8 Å². The number of aliphatic hydroxyl groups excluding tert-OH is 1. The molecule has 12 nitrogen and oxygen atoms in total. The molecule has 0 bridgehead atoms. The number of ether oxygens (including phenoxy) is 2. The van der Waals surface area contributed by atoms with Gasteiger partial charge >= 0.3 is 18.2 Å². The lowest BCUT2D eigenvalue weighted by molar-refractivity contribution is -0.697. The van der Waals surface area contributed by atoms with Gasteiger partial charge in [0, 0.05) is 29.4 Å². The number of aromatic nitrogens is 1. The molecule has 4 N–H and O–H groups in total. The first-order chi connectivity index (χ1) is 22.3. The maximum Gasteiger partial charge on any atom is 0.416 e. The highest BCUT2D eigenvalue weighted by atomic mass is 19.4. The molecule has 0 saturated carbocycles. The molecule has 2 amide bonds. The maximum absolute atomic E-state index is 13.5. The number of nitrogens with two attached hydrogens (primary N) is 1. The molecule has 3 aromatic rings. The number of benzene rings is 2. The normalized spacial score (nSPS) is 14.5. The van der Waals surface area contributed by atoms with E-state index in [9.17, 15) is 33.1 Å². The number of guanidine groups is 1. The number of rotatable bonds is 8. The van der Waals surface area contributed by atoms with Crippen LogP contribution >= 0.6 is 0 Å². The van der Waals surface area contributed by atoms with Crippen LogP contribution in [-0.4, -0.2) is 48.7 Å². The number of pyridine rings is 1. The molecule has 4 rings (SSSR count). The number of anilines is 1. The van der Waals surface area contributed by atoms with Crippen molar-refractivity contribution in [3.63, 3.8) is 0 Å². The Kier molecular flexibility index (Phi) is 11.8. The van der Waals surface area contributed by atoms with Crippen LogP contribution in [0.2, 0.25) is 0 Å². The molecular formula is C32H32F3N6O6+. The molecule has 0 fully saturated rings. The van der Waals surface area contributed by atoms with Crippen LogP contribution in [0.1, 0.15) is 40.8 Å². The average Bonchev–Trinajstić information content (AvgIpc) is 3.06. The van der Waals surface area contributed by atoms with Crippen LogP contribution in [0.15, 0.2) is 78.3 Å². The van der Waals surface area contributed by atoms with Gasteiger partial charge in [0.2, 0.25) is 5.96 Å². The molecule has 15 heteroatoms. The predicted octanol–water partition coefficient (Wildman–Crippen LogP) is 3.71. The van der Waals surface area contributed by atoms with Crippen LogP contribution in [0.25, 0.3) is 0 Å².